The summed E-state index contributed by atoms with van der Waals surface area (Å²) >= 11 is 0. The minimum absolute atomic E-state index is 0.179. The average Bonchev–Trinajstić information content (AvgIpc) is 2.27. The molecule has 0 saturated carbocycles. The van der Waals surface area contributed by atoms with Crippen LogP contribution in [-0.4, -0.2) is 15.0 Å². The molecular formula is C12H16O3S. The molecule has 0 aliphatic rings. The summed E-state index contributed by atoms with van der Waals surface area (Å²) in [5, 5.41) is 0. The third-order valence-electron chi connectivity index (χ3n) is 1.96. The van der Waals surface area contributed by atoms with E-state index < -0.39 is 10.1 Å². The second kappa shape index (κ2) is 5.27. The van der Waals surface area contributed by atoms with Gasteiger partial charge in [-0.3, -0.25) is 4.18 Å². The average molecular weight is 240 g/mol. The zero-order chi connectivity index (χ0) is 12.2. The number of rotatable bonds is 5. The van der Waals surface area contributed by atoms with Crippen LogP contribution in [0, 0.1) is 5.92 Å². The van der Waals surface area contributed by atoms with Crippen LogP contribution in [0.15, 0.2) is 35.7 Å². The van der Waals surface area contributed by atoms with E-state index in [4.69, 9.17) is 4.18 Å². The Morgan fingerprint density at radius 2 is 1.88 bits per heavy atom. The third-order valence-corrected chi connectivity index (χ3v) is 3.26. The van der Waals surface area contributed by atoms with E-state index in [0.717, 1.165) is 5.56 Å². The van der Waals surface area contributed by atoms with E-state index in [2.05, 4.69) is 6.58 Å². The van der Waals surface area contributed by atoms with Crippen molar-refractivity contribution >= 4 is 16.2 Å². The Hall–Kier alpha value is -1.13. The summed E-state index contributed by atoms with van der Waals surface area (Å²) in [6.45, 7) is 7.60. The molecule has 3 nitrogen and oxygen atoms in total. The Kier molecular flexibility index (Phi) is 4.26. The van der Waals surface area contributed by atoms with Gasteiger partial charge in [-0.25, -0.2) is 0 Å². The molecule has 0 saturated heterocycles. The van der Waals surface area contributed by atoms with Gasteiger partial charge in [0.25, 0.3) is 10.1 Å². The van der Waals surface area contributed by atoms with Crippen LogP contribution < -0.4 is 0 Å². The van der Waals surface area contributed by atoms with E-state index in [1.54, 1.807) is 18.2 Å². The summed E-state index contributed by atoms with van der Waals surface area (Å²) in [5.74, 6) is 0.183. The standard InChI is InChI=1S/C12H16O3S/c1-4-11-5-7-12(8-6-11)16(13,14)15-9-10(2)3/h4-8,10H,1,9H2,2-3H3. The molecule has 1 rings (SSSR count). The molecule has 1 aromatic rings. The first-order valence-corrected chi connectivity index (χ1v) is 6.48. The highest BCUT2D eigenvalue weighted by Crippen LogP contribution is 2.14. The highest BCUT2D eigenvalue weighted by molar-refractivity contribution is 7.86. The molecule has 0 aromatic heterocycles. The summed E-state index contributed by atoms with van der Waals surface area (Å²) in [6, 6.07) is 6.43. The quantitative estimate of drug-likeness (QED) is 0.743. The van der Waals surface area contributed by atoms with Gasteiger partial charge >= 0.3 is 0 Å². The van der Waals surface area contributed by atoms with E-state index >= 15 is 0 Å². The molecule has 1 aromatic carbocycles. The SMILES string of the molecule is C=Cc1ccc(S(=O)(=O)OCC(C)C)cc1. The zero-order valence-corrected chi connectivity index (χ0v) is 10.3. The van der Waals surface area contributed by atoms with Gasteiger partial charge in [0.15, 0.2) is 0 Å². The molecule has 0 unspecified atom stereocenters. The summed E-state index contributed by atoms with van der Waals surface area (Å²) in [4.78, 5) is 0.179. The van der Waals surface area contributed by atoms with Gasteiger partial charge in [-0.05, 0) is 23.6 Å². The number of benzene rings is 1. The van der Waals surface area contributed by atoms with E-state index in [0.29, 0.717) is 0 Å². The van der Waals surface area contributed by atoms with E-state index in [1.807, 2.05) is 13.8 Å². The Bertz CT molecular complexity index is 444. The molecule has 0 radical (unpaired) electrons. The minimum atomic E-state index is -3.61. The largest absolute Gasteiger partial charge is 0.296 e. The maximum atomic E-state index is 11.7. The van der Waals surface area contributed by atoms with Gasteiger partial charge in [0.1, 0.15) is 0 Å². The monoisotopic (exact) mass is 240 g/mol. The van der Waals surface area contributed by atoms with Crippen molar-refractivity contribution in [3.05, 3.63) is 36.4 Å². The smallest absolute Gasteiger partial charge is 0.266 e. The second-order valence-electron chi connectivity index (χ2n) is 3.91. The van der Waals surface area contributed by atoms with Gasteiger partial charge in [0.2, 0.25) is 0 Å². The minimum Gasteiger partial charge on any atom is -0.266 e. The Labute approximate surface area is 96.9 Å². The van der Waals surface area contributed by atoms with Gasteiger partial charge in [-0.15, -0.1) is 0 Å². The lowest BCUT2D eigenvalue weighted by Crippen LogP contribution is -2.10. The highest BCUT2D eigenvalue weighted by atomic mass is 32.2. The molecule has 4 heteroatoms. The van der Waals surface area contributed by atoms with Gasteiger partial charge < -0.3 is 0 Å². The highest BCUT2D eigenvalue weighted by Gasteiger charge is 2.15. The van der Waals surface area contributed by atoms with Crippen molar-refractivity contribution in [2.75, 3.05) is 6.61 Å². The molecular weight excluding hydrogens is 224 g/mol. The first kappa shape index (κ1) is 12.9. The molecule has 0 fully saturated rings. The lowest BCUT2D eigenvalue weighted by atomic mass is 10.2. The summed E-state index contributed by atoms with van der Waals surface area (Å²) in [6.07, 6.45) is 1.66. The second-order valence-corrected chi connectivity index (χ2v) is 5.52. The fourth-order valence-electron chi connectivity index (χ4n) is 1.06. The van der Waals surface area contributed by atoms with E-state index in [9.17, 15) is 8.42 Å². The Morgan fingerprint density at radius 1 is 1.31 bits per heavy atom. The van der Waals surface area contributed by atoms with Gasteiger partial charge in [-0.1, -0.05) is 38.6 Å². The van der Waals surface area contributed by atoms with Crippen LogP contribution in [-0.2, 0) is 14.3 Å². The predicted molar refractivity (Wildman–Crippen MR) is 64.5 cm³/mol. The van der Waals surface area contributed by atoms with Crippen LogP contribution in [0.5, 0.6) is 0 Å². The van der Waals surface area contributed by atoms with Crippen LogP contribution in [0.1, 0.15) is 19.4 Å². The lowest BCUT2D eigenvalue weighted by Gasteiger charge is -2.07. The van der Waals surface area contributed by atoms with Gasteiger partial charge in [0, 0.05) is 0 Å². The van der Waals surface area contributed by atoms with Gasteiger partial charge in [0.05, 0.1) is 11.5 Å². The lowest BCUT2D eigenvalue weighted by molar-refractivity contribution is 0.275. The molecule has 0 aliphatic heterocycles. The summed E-state index contributed by atoms with van der Waals surface area (Å²) in [7, 11) is -3.61. The van der Waals surface area contributed by atoms with Crippen molar-refractivity contribution in [2.24, 2.45) is 5.92 Å². The molecule has 88 valence electrons. The topological polar surface area (TPSA) is 43.4 Å². The Morgan fingerprint density at radius 3 is 2.31 bits per heavy atom. The molecule has 0 N–H and O–H groups in total. The zero-order valence-electron chi connectivity index (χ0n) is 9.51. The van der Waals surface area contributed by atoms with Gasteiger partial charge in [-0.2, -0.15) is 8.42 Å². The van der Waals surface area contributed by atoms with Crippen LogP contribution in [0.4, 0.5) is 0 Å². The summed E-state index contributed by atoms with van der Waals surface area (Å²) < 4.78 is 28.3. The third kappa shape index (κ3) is 3.47. The normalized spacial score (nSPS) is 11.7. The maximum absolute atomic E-state index is 11.7. The van der Waals surface area contributed by atoms with Crippen LogP contribution >= 0.6 is 0 Å². The number of hydrogen-bond donors (Lipinski definition) is 0. The number of hydrogen-bond acceptors (Lipinski definition) is 3. The summed E-state index contributed by atoms with van der Waals surface area (Å²) in [5.41, 5.74) is 0.878. The Balaban J connectivity index is 2.85. The molecule has 0 heterocycles. The van der Waals surface area contributed by atoms with Crippen LogP contribution in [0.25, 0.3) is 6.08 Å². The van der Waals surface area contributed by atoms with Crippen LogP contribution in [0.3, 0.4) is 0 Å². The van der Waals surface area contributed by atoms with Crippen molar-refractivity contribution in [3.63, 3.8) is 0 Å². The van der Waals surface area contributed by atoms with Crippen molar-refractivity contribution in [1.29, 1.82) is 0 Å². The van der Waals surface area contributed by atoms with E-state index in [1.165, 1.54) is 12.1 Å². The van der Waals surface area contributed by atoms with E-state index in [-0.39, 0.29) is 17.4 Å². The fourth-order valence-corrected chi connectivity index (χ4v) is 2.12. The molecule has 0 spiro atoms. The predicted octanol–water partition coefficient (Wildman–Crippen LogP) is 2.69. The first-order valence-electron chi connectivity index (χ1n) is 5.07. The molecule has 0 bridgehead atoms. The van der Waals surface area contributed by atoms with Crippen molar-refractivity contribution in [3.8, 4) is 0 Å². The van der Waals surface area contributed by atoms with Crippen molar-refractivity contribution in [1.82, 2.24) is 0 Å². The first-order chi connectivity index (χ1) is 7.45. The van der Waals surface area contributed by atoms with Crippen LogP contribution in [0.2, 0.25) is 0 Å². The van der Waals surface area contributed by atoms with Crippen molar-refractivity contribution < 1.29 is 12.6 Å². The molecule has 0 atom stereocenters. The molecule has 0 amide bonds. The van der Waals surface area contributed by atoms with Crippen molar-refractivity contribution in [2.45, 2.75) is 18.7 Å². The molecule has 16 heavy (non-hydrogen) atoms. The fraction of sp³-hybridized carbons (Fsp3) is 0.333. The maximum Gasteiger partial charge on any atom is 0.296 e. The molecule has 0 aliphatic carbocycles.